The van der Waals surface area contributed by atoms with Crippen molar-refractivity contribution >= 4 is 11.4 Å². The average Bonchev–Trinajstić information content (AvgIpc) is 3.28. The molecule has 2 atom stereocenters. The Balaban J connectivity index is 1.55. The molecule has 1 aliphatic heterocycles. The Morgan fingerprint density at radius 1 is 1.23 bits per heavy atom. The fourth-order valence-corrected chi connectivity index (χ4v) is 4.32. The highest BCUT2D eigenvalue weighted by atomic mass is 16.6. The molecule has 1 aliphatic rings. The van der Waals surface area contributed by atoms with Crippen LogP contribution in [0.1, 0.15) is 23.5 Å². The molecule has 2 aromatic carbocycles. The number of nitrogens with two attached hydrogens (primary N) is 1. The number of aliphatic hydroxyl groups is 1. The quantitative estimate of drug-likeness (QED) is 0.328. The summed E-state index contributed by atoms with van der Waals surface area (Å²) in [4.78, 5) is 13.1. The number of H-pyrrole nitrogens is 1. The summed E-state index contributed by atoms with van der Waals surface area (Å²) in [6.07, 6.45) is 2.51. The van der Waals surface area contributed by atoms with Crippen molar-refractivity contribution in [3.05, 3.63) is 76.0 Å². The summed E-state index contributed by atoms with van der Waals surface area (Å²) in [6.45, 7) is 2.36. The van der Waals surface area contributed by atoms with Crippen molar-refractivity contribution in [3.8, 4) is 11.3 Å². The predicted molar refractivity (Wildman–Crippen MR) is 115 cm³/mol. The van der Waals surface area contributed by atoms with Crippen LogP contribution in [0.5, 0.6) is 0 Å². The van der Waals surface area contributed by atoms with Gasteiger partial charge in [0.15, 0.2) is 0 Å². The molecule has 0 aliphatic carbocycles. The number of rotatable bonds is 6. The molecule has 2 unspecified atom stereocenters. The van der Waals surface area contributed by atoms with Crippen LogP contribution in [-0.2, 0) is 6.54 Å². The van der Waals surface area contributed by atoms with Gasteiger partial charge in [0.2, 0.25) is 0 Å². The van der Waals surface area contributed by atoms with E-state index in [-0.39, 0.29) is 24.1 Å². The third-order valence-electron chi connectivity index (χ3n) is 5.66. The van der Waals surface area contributed by atoms with Crippen LogP contribution in [0.4, 0.5) is 11.4 Å². The minimum atomic E-state index is -0.412. The summed E-state index contributed by atoms with van der Waals surface area (Å²) in [5.41, 5.74) is 10.4. The van der Waals surface area contributed by atoms with Crippen LogP contribution in [0.3, 0.4) is 0 Å². The first kappa shape index (κ1) is 20.1. The molecular formula is C22H25N5O3. The third kappa shape index (κ3) is 4.50. The Bertz CT molecular complexity index is 1020. The highest BCUT2D eigenvalue weighted by molar-refractivity contribution is 5.59. The van der Waals surface area contributed by atoms with Crippen LogP contribution in [0.25, 0.3) is 11.3 Å². The summed E-state index contributed by atoms with van der Waals surface area (Å²) in [7, 11) is 0. The third-order valence-corrected chi connectivity index (χ3v) is 5.66. The molecule has 0 radical (unpaired) electrons. The van der Waals surface area contributed by atoms with Gasteiger partial charge in [0, 0.05) is 50.3 Å². The molecule has 0 bridgehead atoms. The largest absolute Gasteiger partial charge is 0.399 e. The number of piperidine rings is 1. The molecule has 0 spiro atoms. The van der Waals surface area contributed by atoms with Crippen molar-refractivity contribution in [1.29, 1.82) is 0 Å². The van der Waals surface area contributed by atoms with Gasteiger partial charge in [-0.1, -0.05) is 18.2 Å². The van der Waals surface area contributed by atoms with Crippen LogP contribution >= 0.6 is 0 Å². The number of likely N-dealkylation sites (tertiary alicyclic amines) is 1. The molecule has 4 rings (SSSR count). The van der Waals surface area contributed by atoms with Crippen LogP contribution in [0.15, 0.2) is 54.7 Å². The van der Waals surface area contributed by atoms with Crippen molar-refractivity contribution in [3.63, 3.8) is 0 Å². The van der Waals surface area contributed by atoms with Gasteiger partial charge in [0.1, 0.15) is 0 Å². The van der Waals surface area contributed by atoms with E-state index in [4.69, 9.17) is 5.73 Å². The van der Waals surface area contributed by atoms with E-state index < -0.39 is 4.92 Å². The number of nitrogen functional groups attached to an aromatic ring is 1. The van der Waals surface area contributed by atoms with Crippen LogP contribution in [-0.4, -0.2) is 44.8 Å². The van der Waals surface area contributed by atoms with E-state index >= 15 is 0 Å². The number of non-ortho nitro benzene ring substituents is 1. The lowest BCUT2D eigenvalue weighted by atomic mass is 9.84. The van der Waals surface area contributed by atoms with Crippen molar-refractivity contribution in [2.45, 2.75) is 18.9 Å². The fourth-order valence-electron chi connectivity index (χ4n) is 4.32. The summed E-state index contributed by atoms with van der Waals surface area (Å²) >= 11 is 0. The van der Waals surface area contributed by atoms with E-state index in [1.807, 2.05) is 24.3 Å². The predicted octanol–water partition coefficient (Wildman–Crippen LogP) is 3.17. The first-order valence-electron chi connectivity index (χ1n) is 9.98. The maximum absolute atomic E-state index is 11.2. The van der Waals surface area contributed by atoms with Crippen LogP contribution < -0.4 is 5.73 Å². The number of nitro benzene ring substituents is 1. The molecule has 1 aromatic heterocycles. The topological polar surface area (TPSA) is 121 Å². The first-order chi connectivity index (χ1) is 14.5. The Labute approximate surface area is 174 Å². The lowest BCUT2D eigenvalue weighted by molar-refractivity contribution is -0.384. The first-order valence-corrected chi connectivity index (χ1v) is 9.98. The van der Waals surface area contributed by atoms with Gasteiger partial charge in [-0.3, -0.25) is 20.1 Å². The number of nitrogens with one attached hydrogen (secondary N) is 1. The van der Waals surface area contributed by atoms with E-state index in [2.05, 4.69) is 27.2 Å². The minimum absolute atomic E-state index is 0.00919. The number of hydrogen-bond acceptors (Lipinski definition) is 6. The number of anilines is 1. The van der Waals surface area contributed by atoms with E-state index in [9.17, 15) is 15.2 Å². The summed E-state index contributed by atoms with van der Waals surface area (Å²) in [5.74, 6) is 0.189. The maximum atomic E-state index is 11.2. The van der Waals surface area contributed by atoms with Gasteiger partial charge in [-0.25, -0.2) is 0 Å². The Morgan fingerprint density at radius 2 is 2.10 bits per heavy atom. The monoisotopic (exact) mass is 407 g/mol. The second-order valence-electron chi connectivity index (χ2n) is 7.96. The number of aromatic amines is 1. The normalized spacial score (nSPS) is 19.6. The molecule has 1 fully saturated rings. The number of nitro groups is 1. The van der Waals surface area contributed by atoms with Crippen molar-refractivity contribution in [2.75, 3.05) is 25.4 Å². The Hall–Kier alpha value is -3.23. The number of hydrogen-bond donors (Lipinski definition) is 3. The van der Waals surface area contributed by atoms with Crippen molar-refractivity contribution in [2.24, 2.45) is 5.92 Å². The molecular weight excluding hydrogens is 382 g/mol. The smallest absolute Gasteiger partial charge is 0.271 e. The van der Waals surface area contributed by atoms with E-state index in [0.717, 1.165) is 48.4 Å². The molecule has 1 saturated heterocycles. The second kappa shape index (κ2) is 8.64. The van der Waals surface area contributed by atoms with Crippen LogP contribution in [0.2, 0.25) is 0 Å². The van der Waals surface area contributed by atoms with Crippen LogP contribution in [0, 0.1) is 16.0 Å². The average molecular weight is 407 g/mol. The van der Waals surface area contributed by atoms with E-state index in [0.29, 0.717) is 5.69 Å². The molecule has 3 aromatic rings. The molecule has 2 heterocycles. The van der Waals surface area contributed by atoms with Gasteiger partial charge in [-0.2, -0.15) is 5.10 Å². The van der Waals surface area contributed by atoms with Gasteiger partial charge in [-0.05, 0) is 53.1 Å². The summed E-state index contributed by atoms with van der Waals surface area (Å²) in [5, 5.41) is 28.1. The summed E-state index contributed by atoms with van der Waals surface area (Å²) < 4.78 is 0. The SMILES string of the molecule is Nc1cc(C2CC(CO)CN(Cc3cccc(-c4ccn[nH]4)c3)C2)cc([N+](=O)[O-])c1. The Kier molecular flexibility index (Phi) is 5.78. The maximum Gasteiger partial charge on any atom is 0.271 e. The molecule has 30 heavy (non-hydrogen) atoms. The number of nitrogens with zero attached hydrogens (tertiary/aromatic N) is 3. The second-order valence-corrected chi connectivity index (χ2v) is 7.96. The Morgan fingerprint density at radius 3 is 2.83 bits per heavy atom. The lowest BCUT2D eigenvalue weighted by Gasteiger charge is -2.37. The molecule has 0 amide bonds. The van der Waals surface area contributed by atoms with Crippen molar-refractivity contribution < 1.29 is 10.0 Å². The highest BCUT2D eigenvalue weighted by Crippen LogP contribution is 2.34. The molecule has 8 heteroatoms. The minimum Gasteiger partial charge on any atom is -0.399 e. The fraction of sp³-hybridized carbons (Fsp3) is 0.318. The van der Waals surface area contributed by atoms with Gasteiger partial charge >= 0.3 is 0 Å². The number of aromatic nitrogens is 2. The molecule has 8 nitrogen and oxygen atoms in total. The number of benzene rings is 2. The lowest BCUT2D eigenvalue weighted by Crippen LogP contribution is -2.40. The zero-order valence-corrected chi connectivity index (χ0v) is 16.6. The van der Waals surface area contributed by atoms with Gasteiger partial charge in [0.05, 0.1) is 10.6 Å². The zero-order valence-electron chi connectivity index (χ0n) is 16.6. The summed E-state index contributed by atoms with van der Waals surface area (Å²) in [6, 6.07) is 15.0. The molecule has 156 valence electrons. The molecule has 0 saturated carbocycles. The van der Waals surface area contributed by atoms with Gasteiger partial charge in [0.25, 0.3) is 5.69 Å². The van der Waals surface area contributed by atoms with E-state index in [1.54, 1.807) is 12.3 Å². The van der Waals surface area contributed by atoms with Crippen molar-refractivity contribution in [1.82, 2.24) is 15.1 Å². The zero-order chi connectivity index (χ0) is 21.1. The highest BCUT2D eigenvalue weighted by Gasteiger charge is 2.29. The standard InChI is InChI=1S/C22H25N5O3/c23-20-8-18(9-21(10-20)27(29)30)19-7-16(14-28)12-26(13-19)11-15-2-1-3-17(6-15)22-4-5-24-25-22/h1-6,8-10,16,19,28H,7,11-14,23H2,(H,24,25). The van der Waals surface area contributed by atoms with Gasteiger partial charge in [-0.15, -0.1) is 0 Å². The number of aliphatic hydroxyl groups excluding tert-OH is 1. The van der Waals surface area contributed by atoms with E-state index in [1.165, 1.54) is 6.07 Å². The molecule has 4 N–H and O–H groups in total. The van der Waals surface area contributed by atoms with Gasteiger partial charge < -0.3 is 10.8 Å².